The van der Waals surface area contributed by atoms with Crippen molar-refractivity contribution in [1.82, 2.24) is 14.9 Å². The highest BCUT2D eigenvalue weighted by molar-refractivity contribution is 7.13. The first-order chi connectivity index (χ1) is 16.1. The summed E-state index contributed by atoms with van der Waals surface area (Å²) in [5.41, 5.74) is 0.995. The minimum absolute atomic E-state index is 0.373. The number of nitrogens with zero attached hydrogens (tertiary/aromatic N) is 3. The van der Waals surface area contributed by atoms with Crippen molar-refractivity contribution in [2.45, 2.75) is 19.3 Å². The summed E-state index contributed by atoms with van der Waals surface area (Å²) < 4.78 is 5.75. The second-order valence-corrected chi connectivity index (χ2v) is 8.55. The Morgan fingerprint density at radius 1 is 1.03 bits per heavy atom. The maximum Gasteiger partial charge on any atom is 0.407 e. The Bertz CT molecular complexity index is 1080. The molecule has 172 valence electrons. The van der Waals surface area contributed by atoms with Crippen LogP contribution >= 0.6 is 11.3 Å². The number of piperidine rings is 1. The summed E-state index contributed by atoms with van der Waals surface area (Å²) in [5, 5.41) is 17.1. The molecule has 3 N–H and O–H groups in total. The number of aromatic nitrogens is 2. The largest absolute Gasteiger partial charge is 0.478 e. The Morgan fingerprint density at radius 2 is 1.79 bits per heavy atom. The van der Waals surface area contributed by atoms with E-state index >= 15 is 0 Å². The number of carboxylic acid groups (broad SMARTS) is 1. The fraction of sp³-hybridized carbons (Fsp3) is 0.304. The van der Waals surface area contributed by atoms with Crippen LogP contribution in [0.5, 0.6) is 5.88 Å². The fourth-order valence-electron chi connectivity index (χ4n) is 3.62. The van der Waals surface area contributed by atoms with Crippen molar-refractivity contribution in [2.75, 3.05) is 30.3 Å². The average Bonchev–Trinajstić information content (AvgIpc) is 3.28. The molecule has 1 fully saturated rings. The summed E-state index contributed by atoms with van der Waals surface area (Å²) in [7, 11) is 0. The Balaban J connectivity index is 1.23. The number of nitrogens with one attached hydrogen (secondary N) is 2. The normalized spacial score (nSPS) is 14.0. The average molecular weight is 468 g/mol. The predicted molar refractivity (Wildman–Crippen MR) is 127 cm³/mol. The summed E-state index contributed by atoms with van der Waals surface area (Å²) in [6, 6.07) is 14.5. The van der Waals surface area contributed by atoms with Crippen molar-refractivity contribution < 1.29 is 19.4 Å². The molecule has 1 saturated heterocycles. The number of hydrogen-bond acceptors (Lipinski definition) is 6. The highest BCUT2D eigenvalue weighted by atomic mass is 32.1. The molecular formula is C23H25N5O4S. The Labute approximate surface area is 195 Å². The van der Waals surface area contributed by atoms with Crippen molar-refractivity contribution in [1.29, 1.82) is 0 Å². The first-order valence-corrected chi connectivity index (χ1v) is 11.6. The number of carbonyl (C=O) groups is 2. The quantitative estimate of drug-likeness (QED) is 0.450. The molecule has 3 heterocycles. The highest BCUT2D eigenvalue weighted by Gasteiger charge is 2.22. The van der Waals surface area contributed by atoms with Gasteiger partial charge in [-0.3, -0.25) is 10.6 Å². The molecule has 3 amide bonds. The molecule has 3 aromatic rings. The lowest BCUT2D eigenvalue weighted by atomic mass is 9.94. The van der Waals surface area contributed by atoms with E-state index in [1.54, 1.807) is 23.6 Å². The van der Waals surface area contributed by atoms with E-state index in [0.29, 0.717) is 43.1 Å². The van der Waals surface area contributed by atoms with E-state index in [1.807, 2.05) is 30.3 Å². The number of carbonyl (C=O) groups excluding carboxylic acids is 1. The molecule has 0 radical (unpaired) electrons. The first kappa shape index (κ1) is 22.5. The molecule has 1 aliphatic rings. The van der Waals surface area contributed by atoms with E-state index in [2.05, 4.69) is 20.6 Å². The van der Waals surface area contributed by atoms with Crippen LogP contribution in [-0.4, -0.2) is 51.8 Å². The second kappa shape index (κ2) is 10.8. The molecule has 0 spiro atoms. The van der Waals surface area contributed by atoms with E-state index in [0.717, 1.165) is 29.8 Å². The molecule has 10 heteroatoms. The van der Waals surface area contributed by atoms with Crippen LogP contribution in [0.3, 0.4) is 0 Å². The van der Waals surface area contributed by atoms with E-state index in [1.165, 1.54) is 16.2 Å². The standard InChI is InChI=1S/C23H25N5O4S/c29-22(27-19-15-33-21(25-19)17-5-2-1-3-6-17)26-18-7-4-8-20(24-18)32-14-11-16-9-12-28(13-10-16)23(30)31/h1-8,15-16H,9-14H2,(H,30,31)(H2,24,26,27,29). The van der Waals surface area contributed by atoms with Crippen LogP contribution in [0.1, 0.15) is 19.3 Å². The third kappa shape index (κ3) is 6.42. The lowest BCUT2D eigenvalue weighted by Gasteiger charge is -2.29. The van der Waals surface area contributed by atoms with Crippen molar-refractivity contribution in [2.24, 2.45) is 5.92 Å². The lowest BCUT2D eigenvalue weighted by Crippen LogP contribution is -2.37. The smallest absolute Gasteiger partial charge is 0.407 e. The topological polar surface area (TPSA) is 117 Å². The molecule has 1 aromatic carbocycles. The number of pyridine rings is 1. The molecule has 0 saturated carbocycles. The third-order valence-corrected chi connectivity index (χ3v) is 6.28. The van der Waals surface area contributed by atoms with E-state index in [-0.39, 0.29) is 0 Å². The molecule has 0 atom stereocenters. The number of amides is 3. The molecule has 0 bridgehead atoms. The van der Waals surface area contributed by atoms with Crippen LogP contribution < -0.4 is 15.4 Å². The number of thiazole rings is 1. The van der Waals surface area contributed by atoms with Crippen LogP contribution in [0, 0.1) is 5.92 Å². The van der Waals surface area contributed by atoms with Gasteiger partial charge in [0.2, 0.25) is 5.88 Å². The third-order valence-electron chi connectivity index (χ3n) is 5.39. The molecular weight excluding hydrogens is 442 g/mol. The van der Waals surface area contributed by atoms with Gasteiger partial charge in [0.1, 0.15) is 16.6 Å². The van der Waals surface area contributed by atoms with Crippen molar-refractivity contribution in [3.05, 3.63) is 53.9 Å². The highest BCUT2D eigenvalue weighted by Crippen LogP contribution is 2.25. The summed E-state index contributed by atoms with van der Waals surface area (Å²) in [5.74, 6) is 1.71. The van der Waals surface area contributed by atoms with Gasteiger partial charge in [-0.25, -0.2) is 14.6 Å². The fourth-order valence-corrected chi connectivity index (χ4v) is 4.37. The van der Waals surface area contributed by atoms with Gasteiger partial charge in [-0.2, -0.15) is 4.98 Å². The van der Waals surface area contributed by atoms with E-state index < -0.39 is 12.1 Å². The summed E-state index contributed by atoms with van der Waals surface area (Å²) in [4.78, 5) is 33.6. The second-order valence-electron chi connectivity index (χ2n) is 7.69. The summed E-state index contributed by atoms with van der Waals surface area (Å²) >= 11 is 1.45. The van der Waals surface area contributed by atoms with E-state index in [4.69, 9.17) is 9.84 Å². The number of ether oxygens (including phenoxy) is 1. The molecule has 2 aromatic heterocycles. The van der Waals surface area contributed by atoms with Crippen LogP contribution in [0.25, 0.3) is 10.6 Å². The number of rotatable bonds is 7. The van der Waals surface area contributed by atoms with Gasteiger partial charge in [0.15, 0.2) is 0 Å². The van der Waals surface area contributed by atoms with Gasteiger partial charge in [0.05, 0.1) is 6.61 Å². The number of benzene rings is 1. The van der Waals surface area contributed by atoms with E-state index in [9.17, 15) is 9.59 Å². The Kier molecular flexibility index (Phi) is 7.36. The minimum atomic E-state index is -0.853. The number of likely N-dealkylation sites (tertiary alicyclic amines) is 1. The van der Waals surface area contributed by atoms with Crippen molar-refractivity contribution in [3.8, 4) is 16.5 Å². The zero-order valence-corrected chi connectivity index (χ0v) is 18.8. The van der Waals surface area contributed by atoms with Gasteiger partial charge in [-0.15, -0.1) is 11.3 Å². The van der Waals surface area contributed by atoms with Gasteiger partial charge in [-0.1, -0.05) is 36.4 Å². The maximum atomic E-state index is 12.3. The molecule has 9 nitrogen and oxygen atoms in total. The lowest BCUT2D eigenvalue weighted by molar-refractivity contribution is 0.119. The molecule has 1 aliphatic heterocycles. The van der Waals surface area contributed by atoms with Crippen LogP contribution in [0.15, 0.2) is 53.9 Å². The van der Waals surface area contributed by atoms with Gasteiger partial charge < -0.3 is 14.7 Å². The maximum absolute atomic E-state index is 12.3. The van der Waals surface area contributed by atoms with Crippen LogP contribution in [0.2, 0.25) is 0 Å². The number of hydrogen-bond donors (Lipinski definition) is 3. The van der Waals surface area contributed by atoms with Gasteiger partial charge in [0.25, 0.3) is 0 Å². The monoisotopic (exact) mass is 467 g/mol. The van der Waals surface area contributed by atoms with Crippen molar-refractivity contribution in [3.63, 3.8) is 0 Å². The zero-order valence-electron chi connectivity index (χ0n) is 17.9. The van der Waals surface area contributed by atoms with Gasteiger partial charge in [0, 0.05) is 30.1 Å². The Hall–Kier alpha value is -3.66. The van der Waals surface area contributed by atoms with Crippen LogP contribution in [0.4, 0.5) is 21.2 Å². The molecule has 4 rings (SSSR count). The summed E-state index contributed by atoms with van der Waals surface area (Å²) in [6.07, 6.45) is 1.66. The zero-order chi connectivity index (χ0) is 23.0. The Morgan fingerprint density at radius 3 is 2.55 bits per heavy atom. The van der Waals surface area contributed by atoms with Gasteiger partial charge in [-0.05, 0) is 31.2 Å². The van der Waals surface area contributed by atoms with Crippen LogP contribution in [-0.2, 0) is 0 Å². The van der Waals surface area contributed by atoms with Gasteiger partial charge >= 0.3 is 12.1 Å². The molecule has 33 heavy (non-hydrogen) atoms. The SMILES string of the molecule is O=C(Nc1cccc(OCCC2CCN(C(=O)O)CC2)n1)Nc1csc(-c2ccccc2)n1. The molecule has 0 unspecified atom stereocenters. The first-order valence-electron chi connectivity index (χ1n) is 10.7. The number of urea groups is 1. The predicted octanol–water partition coefficient (Wildman–Crippen LogP) is 5.01. The minimum Gasteiger partial charge on any atom is -0.478 e. The van der Waals surface area contributed by atoms with Crippen molar-refractivity contribution >= 4 is 35.1 Å². The number of anilines is 2. The summed E-state index contributed by atoms with van der Waals surface area (Å²) in [6.45, 7) is 1.62. The molecule has 0 aliphatic carbocycles.